The quantitative estimate of drug-likeness (QED) is 0.840. The van der Waals surface area contributed by atoms with Crippen LogP contribution in [-0.4, -0.2) is 11.0 Å². The average Bonchev–Trinajstić information content (AvgIpc) is 2.87. The minimum atomic E-state index is -0.453. The fourth-order valence-electron chi connectivity index (χ4n) is 2.33. The molecule has 1 aliphatic heterocycles. The molecule has 0 saturated heterocycles. The molecule has 1 atom stereocenters. The molecule has 0 amide bonds. The molecule has 0 saturated carbocycles. The van der Waals surface area contributed by atoms with Crippen LogP contribution in [0.25, 0.3) is 0 Å². The summed E-state index contributed by atoms with van der Waals surface area (Å²) in [6.07, 6.45) is 1.07. The largest absolute Gasteiger partial charge is 0.298 e. The number of carbonyl (C=O) groups is 1. The van der Waals surface area contributed by atoms with Crippen LogP contribution in [0.3, 0.4) is 0 Å². The Labute approximate surface area is 126 Å². The van der Waals surface area contributed by atoms with Crippen LogP contribution < -0.4 is 0 Å². The van der Waals surface area contributed by atoms with Gasteiger partial charge in [0.05, 0.1) is 10.3 Å². The van der Waals surface area contributed by atoms with Gasteiger partial charge in [-0.3, -0.25) is 4.79 Å². The van der Waals surface area contributed by atoms with Gasteiger partial charge in [0.25, 0.3) is 0 Å². The summed E-state index contributed by atoms with van der Waals surface area (Å²) in [7, 11) is 0. The van der Waals surface area contributed by atoms with Crippen LogP contribution >= 0.6 is 23.4 Å². The minimum absolute atomic E-state index is 0.0452. The van der Waals surface area contributed by atoms with E-state index in [1.807, 2.05) is 18.2 Å². The van der Waals surface area contributed by atoms with E-state index in [2.05, 4.69) is 6.07 Å². The Morgan fingerprint density at radius 3 is 2.85 bits per heavy atom. The van der Waals surface area contributed by atoms with Crippen molar-refractivity contribution in [3.05, 3.63) is 64.4 Å². The lowest BCUT2D eigenvalue weighted by Gasteiger charge is -2.08. The minimum Gasteiger partial charge on any atom is -0.298 e. The lowest BCUT2D eigenvalue weighted by atomic mass is 10.0. The van der Waals surface area contributed by atoms with Gasteiger partial charge in [-0.15, -0.1) is 11.8 Å². The van der Waals surface area contributed by atoms with Crippen molar-refractivity contribution in [2.75, 3.05) is 0 Å². The topological polar surface area (TPSA) is 17.1 Å². The summed E-state index contributed by atoms with van der Waals surface area (Å²) in [6, 6.07) is 12.5. The molecule has 102 valence electrons. The fraction of sp³-hybridized carbons (Fsp3) is 0.188. The van der Waals surface area contributed by atoms with Gasteiger partial charge >= 0.3 is 0 Å². The number of benzene rings is 2. The molecule has 1 nitrogen and oxygen atoms in total. The van der Waals surface area contributed by atoms with E-state index < -0.39 is 5.82 Å². The molecular formula is C16H12ClFOS. The maximum Gasteiger partial charge on any atom is 0.150 e. The smallest absolute Gasteiger partial charge is 0.150 e. The van der Waals surface area contributed by atoms with E-state index >= 15 is 0 Å². The summed E-state index contributed by atoms with van der Waals surface area (Å²) < 4.78 is 13.1. The number of carbonyl (C=O) groups excluding carboxylic acids is 1. The van der Waals surface area contributed by atoms with E-state index in [-0.39, 0.29) is 16.1 Å². The Morgan fingerprint density at radius 2 is 2.10 bits per heavy atom. The van der Waals surface area contributed by atoms with Crippen molar-refractivity contribution in [1.82, 2.24) is 0 Å². The second-order valence-electron chi connectivity index (χ2n) is 4.81. The third-order valence-electron chi connectivity index (χ3n) is 3.37. The molecule has 20 heavy (non-hydrogen) atoms. The number of fused-ring (bicyclic) bond motifs is 1. The highest BCUT2D eigenvalue weighted by molar-refractivity contribution is 8.01. The molecule has 3 rings (SSSR count). The number of ketones is 1. The highest BCUT2D eigenvalue weighted by Gasteiger charge is 2.27. The molecule has 0 spiro atoms. The van der Waals surface area contributed by atoms with Crippen LogP contribution in [0.15, 0.2) is 47.4 Å². The van der Waals surface area contributed by atoms with Crippen LogP contribution in [0.5, 0.6) is 0 Å². The van der Waals surface area contributed by atoms with Crippen molar-refractivity contribution in [3.63, 3.8) is 0 Å². The van der Waals surface area contributed by atoms with Gasteiger partial charge in [-0.2, -0.15) is 0 Å². The fourth-order valence-corrected chi connectivity index (χ4v) is 3.77. The van der Waals surface area contributed by atoms with E-state index in [0.29, 0.717) is 6.42 Å². The second kappa shape index (κ2) is 5.58. The van der Waals surface area contributed by atoms with Crippen molar-refractivity contribution in [2.24, 2.45) is 0 Å². The molecule has 0 N–H and O–H groups in total. The first-order chi connectivity index (χ1) is 9.63. The Morgan fingerprint density at radius 1 is 1.30 bits per heavy atom. The predicted molar refractivity (Wildman–Crippen MR) is 79.9 cm³/mol. The normalized spacial score (nSPS) is 17.0. The molecule has 2 aromatic carbocycles. The van der Waals surface area contributed by atoms with Gasteiger partial charge < -0.3 is 0 Å². The van der Waals surface area contributed by atoms with Crippen LogP contribution in [0.4, 0.5) is 4.39 Å². The lowest BCUT2D eigenvalue weighted by molar-refractivity contribution is -0.117. The third-order valence-corrected chi connectivity index (χ3v) is 5.02. The Bertz CT molecular complexity index is 646. The number of rotatable bonds is 3. The maximum atomic E-state index is 13.1. The van der Waals surface area contributed by atoms with Gasteiger partial charge in [0.15, 0.2) is 5.78 Å². The van der Waals surface area contributed by atoms with Crippen LogP contribution in [0, 0.1) is 5.82 Å². The zero-order chi connectivity index (χ0) is 14.1. The standard InChI is InChI=1S/C16H12ClFOS/c17-12-7-10(5-6-13(12)18)8-14(19)16-9-11-3-1-2-4-15(11)20-16/h1-7,16H,8-9H2. The van der Waals surface area contributed by atoms with Gasteiger partial charge in [-0.25, -0.2) is 4.39 Å². The summed E-state index contributed by atoms with van der Waals surface area (Å²) in [6.45, 7) is 0. The first kappa shape index (κ1) is 13.7. The first-order valence-electron chi connectivity index (χ1n) is 6.34. The summed E-state index contributed by atoms with van der Waals surface area (Å²) >= 11 is 7.35. The van der Waals surface area contributed by atoms with Gasteiger partial charge in [0, 0.05) is 11.3 Å². The summed E-state index contributed by atoms with van der Waals surface area (Å²) in [4.78, 5) is 13.5. The van der Waals surface area contributed by atoms with Gasteiger partial charge in [0.1, 0.15) is 5.82 Å². The average molecular weight is 307 g/mol. The predicted octanol–water partition coefficient (Wildman–Crippen LogP) is 4.31. The summed E-state index contributed by atoms with van der Waals surface area (Å²) in [5.74, 6) is -0.292. The van der Waals surface area contributed by atoms with Crippen LogP contribution in [0.2, 0.25) is 5.02 Å². The summed E-state index contributed by atoms with van der Waals surface area (Å²) in [5.41, 5.74) is 1.99. The molecule has 0 radical (unpaired) electrons. The van der Waals surface area contributed by atoms with Crippen LogP contribution in [0.1, 0.15) is 11.1 Å². The van der Waals surface area contributed by atoms with Gasteiger partial charge in [-0.05, 0) is 35.7 Å². The number of hydrogen-bond acceptors (Lipinski definition) is 2. The van der Waals surface area contributed by atoms with Crippen molar-refractivity contribution in [1.29, 1.82) is 0 Å². The number of Topliss-reactive ketones (excluding diaryl/α,β-unsaturated/α-hetero) is 1. The Hall–Kier alpha value is -1.32. The highest BCUT2D eigenvalue weighted by Crippen LogP contribution is 2.37. The second-order valence-corrected chi connectivity index (χ2v) is 6.46. The number of hydrogen-bond donors (Lipinski definition) is 0. The van der Waals surface area contributed by atoms with E-state index in [9.17, 15) is 9.18 Å². The number of halogens is 2. The van der Waals surface area contributed by atoms with Crippen LogP contribution in [-0.2, 0) is 17.6 Å². The van der Waals surface area contributed by atoms with Gasteiger partial charge in [0.2, 0.25) is 0 Å². The molecular weight excluding hydrogens is 295 g/mol. The third kappa shape index (κ3) is 2.74. The molecule has 4 heteroatoms. The lowest BCUT2D eigenvalue weighted by Crippen LogP contribution is -2.18. The molecule has 0 fully saturated rings. The summed E-state index contributed by atoms with van der Waals surface area (Å²) in [5, 5.41) is 0.0221. The molecule has 1 heterocycles. The van der Waals surface area contributed by atoms with Crippen molar-refractivity contribution in [2.45, 2.75) is 23.0 Å². The van der Waals surface area contributed by atoms with Crippen molar-refractivity contribution >= 4 is 29.1 Å². The van der Waals surface area contributed by atoms with E-state index in [1.54, 1.807) is 17.8 Å². The molecule has 0 aliphatic carbocycles. The molecule has 1 aliphatic rings. The monoisotopic (exact) mass is 306 g/mol. The molecule has 2 aromatic rings. The van der Waals surface area contributed by atoms with E-state index in [4.69, 9.17) is 11.6 Å². The number of thioether (sulfide) groups is 1. The molecule has 0 bridgehead atoms. The zero-order valence-electron chi connectivity index (χ0n) is 10.6. The highest BCUT2D eigenvalue weighted by atomic mass is 35.5. The zero-order valence-corrected chi connectivity index (χ0v) is 12.2. The van der Waals surface area contributed by atoms with E-state index in [1.165, 1.54) is 22.6 Å². The van der Waals surface area contributed by atoms with Crippen molar-refractivity contribution in [3.8, 4) is 0 Å². The Kier molecular flexibility index (Phi) is 3.81. The molecule has 1 unspecified atom stereocenters. The van der Waals surface area contributed by atoms with Gasteiger partial charge in [-0.1, -0.05) is 35.9 Å². The molecule has 0 aromatic heterocycles. The maximum absolute atomic E-state index is 13.1. The van der Waals surface area contributed by atoms with Crippen molar-refractivity contribution < 1.29 is 9.18 Å². The van der Waals surface area contributed by atoms with E-state index in [0.717, 1.165) is 12.0 Å². The first-order valence-corrected chi connectivity index (χ1v) is 7.60. The Balaban J connectivity index is 1.71. The SMILES string of the molecule is O=C(Cc1ccc(F)c(Cl)c1)C1Cc2ccccc2S1.